The molecule has 0 aromatic carbocycles. The summed E-state index contributed by atoms with van der Waals surface area (Å²) in [6, 6.07) is 0. The summed E-state index contributed by atoms with van der Waals surface area (Å²) >= 11 is 0. The summed E-state index contributed by atoms with van der Waals surface area (Å²) in [6.07, 6.45) is 2.57. The van der Waals surface area contributed by atoms with E-state index in [0.29, 0.717) is 6.54 Å². The molecule has 0 saturated heterocycles. The third kappa shape index (κ3) is 3.52. The number of nitrogens with one attached hydrogen (secondary N) is 2. The number of anilines is 2. The molecule has 0 saturated carbocycles. The minimum Gasteiger partial charge on any atom is -0.396 e. The van der Waals surface area contributed by atoms with Crippen LogP contribution in [0.15, 0.2) is 6.20 Å². The lowest BCUT2D eigenvalue weighted by Crippen LogP contribution is -2.32. The molecule has 0 radical (unpaired) electrons. The van der Waals surface area contributed by atoms with Crippen molar-refractivity contribution in [3.8, 4) is 0 Å². The average Bonchev–Trinajstić information content (AvgIpc) is 2.48. The Hall–Kier alpha value is -2.00. The van der Waals surface area contributed by atoms with Crippen LogP contribution in [-0.4, -0.2) is 33.1 Å². The van der Waals surface area contributed by atoms with Crippen LogP contribution in [0.5, 0.6) is 0 Å². The van der Waals surface area contributed by atoms with Crippen molar-refractivity contribution in [2.24, 2.45) is 11.3 Å². The van der Waals surface area contributed by atoms with E-state index in [1.54, 1.807) is 0 Å². The van der Waals surface area contributed by atoms with Crippen LogP contribution in [0.4, 0.5) is 17.5 Å². The largest absolute Gasteiger partial charge is 0.396 e. The molecule has 1 rings (SSSR count). The van der Waals surface area contributed by atoms with Crippen molar-refractivity contribution < 1.29 is 10.0 Å². The van der Waals surface area contributed by atoms with E-state index >= 15 is 0 Å². The Morgan fingerprint density at radius 1 is 1.50 bits per heavy atom. The SMILES string of the molecule is CCC(CC)(CO)CNc1nc(NN)ncc1[N+](=O)[O-]. The lowest BCUT2D eigenvalue weighted by atomic mass is 9.83. The lowest BCUT2D eigenvalue weighted by molar-refractivity contribution is -0.384. The third-order valence-corrected chi connectivity index (χ3v) is 3.56. The van der Waals surface area contributed by atoms with Gasteiger partial charge in [0, 0.05) is 12.0 Å². The monoisotopic (exact) mass is 284 g/mol. The molecule has 20 heavy (non-hydrogen) atoms. The van der Waals surface area contributed by atoms with Crippen molar-refractivity contribution in [2.45, 2.75) is 26.7 Å². The highest BCUT2D eigenvalue weighted by Gasteiger charge is 2.27. The molecule has 112 valence electrons. The van der Waals surface area contributed by atoms with E-state index in [1.165, 1.54) is 0 Å². The van der Waals surface area contributed by atoms with Crippen molar-refractivity contribution in [1.82, 2.24) is 9.97 Å². The van der Waals surface area contributed by atoms with Gasteiger partial charge in [-0.05, 0) is 12.8 Å². The second-order valence-electron chi connectivity index (χ2n) is 4.55. The maximum absolute atomic E-state index is 10.9. The van der Waals surface area contributed by atoms with Gasteiger partial charge in [-0.25, -0.2) is 10.8 Å². The summed E-state index contributed by atoms with van der Waals surface area (Å²) in [6.45, 7) is 4.29. The van der Waals surface area contributed by atoms with Crippen molar-refractivity contribution in [3.63, 3.8) is 0 Å². The number of hydrogen-bond acceptors (Lipinski definition) is 8. The Labute approximate surface area is 116 Å². The van der Waals surface area contributed by atoms with Crippen LogP contribution in [0.1, 0.15) is 26.7 Å². The Balaban J connectivity index is 2.98. The molecule has 9 heteroatoms. The summed E-state index contributed by atoms with van der Waals surface area (Å²) in [5, 5.41) is 23.3. The molecule has 0 aliphatic heterocycles. The first-order valence-corrected chi connectivity index (χ1v) is 6.34. The van der Waals surface area contributed by atoms with E-state index in [9.17, 15) is 15.2 Å². The van der Waals surface area contributed by atoms with Gasteiger partial charge in [0.15, 0.2) is 0 Å². The number of nitro groups is 1. The molecule has 0 unspecified atom stereocenters. The number of aliphatic hydroxyl groups excluding tert-OH is 1. The highest BCUT2D eigenvalue weighted by molar-refractivity contribution is 5.56. The number of aliphatic hydroxyl groups is 1. The molecule has 0 atom stereocenters. The first-order valence-electron chi connectivity index (χ1n) is 6.34. The van der Waals surface area contributed by atoms with Crippen molar-refractivity contribution >= 4 is 17.5 Å². The van der Waals surface area contributed by atoms with Gasteiger partial charge in [-0.2, -0.15) is 4.98 Å². The lowest BCUT2D eigenvalue weighted by Gasteiger charge is -2.29. The molecule has 5 N–H and O–H groups in total. The summed E-state index contributed by atoms with van der Waals surface area (Å²) in [7, 11) is 0. The minimum absolute atomic E-state index is 0.00607. The van der Waals surface area contributed by atoms with Crippen LogP contribution in [0.3, 0.4) is 0 Å². The minimum atomic E-state index is -0.568. The number of hydrazine groups is 1. The number of nitrogens with zero attached hydrogens (tertiary/aromatic N) is 3. The number of rotatable bonds is 8. The molecule has 9 nitrogen and oxygen atoms in total. The molecule has 0 amide bonds. The fraction of sp³-hybridized carbons (Fsp3) is 0.636. The molecule has 0 aliphatic carbocycles. The van der Waals surface area contributed by atoms with E-state index in [-0.39, 0.29) is 29.5 Å². The van der Waals surface area contributed by atoms with Crippen LogP contribution in [0, 0.1) is 15.5 Å². The van der Waals surface area contributed by atoms with Crippen LogP contribution in [0.2, 0.25) is 0 Å². The molecule has 0 aliphatic rings. The van der Waals surface area contributed by atoms with Crippen LogP contribution in [0.25, 0.3) is 0 Å². The molecular weight excluding hydrogens is 264 g/mol. The summed E-state index contributed by atoms with van der Waals surface area (Å²) < 4.78 is 0. The highest BCUT2D eigenvalue weighted by atomic mass is 16.6. The quantitative estimate of drug-likeness (QED) is 0.313. The predicted molar refractivity (Wildman–Crippen MR) is 75.1 cm³/mol. The Kier molecular flexibility index (Phi) is 5.59. The van der Waals surface area contributed by atoms with Gasteiger partial charge in [0.25, 0.3) is 0 Å². The zero-order valence-electron chi connectivity index (χ0n) is 11.6. The van der Waals surface area contributed by atoms with Gasteiger partial charge < -0.3 is 10.4 Å². The Bertz CT molecular complexity index is 455. The maximum atomic E-state index is 10.9. The molecule has 1 heterocycles. The van der Waals surface area contributed by atoms with Crippen molar-refractivity contribution in [3.05, 3.63) is 16.3 Å². The maximum Gasteiger partial charge on any atom is 0.329 e. The second kappa shape index (κ2) is 6.96. The first-order chi connectivity index (χ1) is 9.51. The van der Waals surface area contributed by atoms with Gasteiger partial charge in [-0.3, -0.25) is 15.5 Å². The topological polar surface area (TPSA) is 139 Å². The average molecular weight is 284 g/mol. The standard InChI is InChI=1S/C11H20N6O3/c1-3-11(4-2,7-18)6-14-9-8(17(19)20)5-13-10(15-9)16-12/h5,18H,3-4,6-7,12H2,1-2H3,(H2,13,14,15,16). The predicted octanol–water partition coefficient (Wildman–Crippen LogP) is 0.881. The van der Waals surface area contributed by atoms with E-state index < -0.39 is 4.92 Å². The zero-order chi connectivity index (χ0) is 15.2. The van der Waals surface area contributed by atoms with Gasteiger partial charge in [0.05, 0.1) is 11.5 Å². The summed E-state index contributed by atoms with van der Waals surface area (Å²) in [5.41, 5.74) is 1.67. The van der Waals surface area contributed by atoms with Crippen molar-refractivity contribution in [2.75, 3.05) is 23.9 Å². The fourth-order valence-electron chi connectivity index (χ4n) is 1.76. The van der Waals surface area contributed by atoms with Crippen LogP contribution >= 0.6 is 0 Å². The van der Waals surface area contributed by atoms with Crippen molar-refractivity contribution in [1.29, 1.82) is 0 Å². The number of aromatic nitrogens is 2. The zero-order valence-corrected chi connectivity index (χ0v) is 11.6. The smallest absolute Gasteiger partial charge is 0.329 e. The highest BCUT2D eigenvalue weighted by Crippen LogP contribution is 2.28. The van der Waals surface area contributed by atoms with Crippen LogP contribution in [-0.2, 0) is 0 Å². The van der Waals surface area contributed by atoms with Gasteiger partial charge in [-0.1, -0.05) is 13.8 Å². The summed E-state index contributed by atoms with van der Waals surface area (Å²) in [4.78, 5) is 18.0. The van der Waals surface area contributed by atoms with Gasteiger partial charge in [0.1, 0.15) is 6.20 Å². The van der Waals surface area contributed by atoms with E-state index in [4.69, 9.17) is 5.84 Å². The Morgan fingerprint density at radius 2 is 2.15 bits per heavy atom. The van der Waals surface area contributed by atoms with E-state index in [2.05, 4.69) is 20.7 Å². The molecule has 0 bridgehead atoms. The molecule has 1 aromatic rings. The number of hydrogen-bond donors (Lipinski definition) is 4. The third-order valence-electron chi connectivity index (χ3n) is 3.56. The van der Waals surface area contributed by atoms with Gasteiger partial charge >= 0.3 is 5.69 Å². The van der Waals surface area contributed by atoms with Crippen LogP contribution < -0.4 is 16.6 Å². The molecule has 0 fully saturated rings. The molecule has 0 spiro atoms. The summed E-state index contributed by atoms with van der Waals surface area (Å²) in [5.74, 6) is 5.36. The number of nitrogens with two attached hydrogens (primary N) is 1. The second-order valence-corrected chi connectivity index (χ2v) is 4.55. The van der Waals surface area contributed by atoms with Gasteiger partial charge in [0.2, 0.25) is 11.8 Å². The normalized spacial score (nSPS) is 11.2. The fourth-order valence-corrected chi connectivity index (χ4v) is 1.76. The molecular formula is C11H20N6O3. The van der Waals surface area contributed by atoms with Gasteiger partial charge in [-0.15, -0.1) is 0 Å². The van der Waals surface area contributed by atoms with E-state index in [1.807, 2.05) is 13.8 Å². The number of nitrogen functional groups attached to an aromatic ring is 1. The first kappa shape index (κ1) is 16.1. The Morgan fingerprint density at radius 3 is 2.60 bits per heavy atom. The molecule has 1 aromatic heterocycles. The van der Waals surface area contributed by atoms with E-state index in [0.717, 1.165) is 19.0 Å².